The number of aromatic hydroxyl groups is 1. The molecule has 3 aromatic rings. The number of fused-ring (bicyclic) bond motifs is 1. The van der Waals surface area contributed by atoms with Gasteiger partial charge in [-0.1, -0.05) is 48.0 Å². The van der Waals surface area contributed by atoms with E-state index in [-0.39, 0.29) is 0 Å². The van der Waals surface area contributed by atoms with Crippen LogP contribution in [0.25, 0.3) is 10.8 Å². The zero-order valence-electron chi connectivity index (χ0n) is 11.4. The number of nitrogens with one attached hydrogen (secondary N) is 1. The molecule has 0 spiro atoms. The first-order valence-electron chi connectivity index (χ1n) is 6.74. The maximum Gasteiger partial charge on any atom is 0.121 e. The number of anilines is 1. The summed E-state index contributed by atoms with van der Waals surface area (Å²) in [6.07, 6.45) is 0. The van der Waals surface area contributed by atoms with Crippen molar-refractivity contribution in [3.05, 3.63) is 71.8 Å². The third-order valence-electron chi connectivity index (χ3n) is 3.54. The standard InChI is InChI=1S/C18H17NO/c1-13-6-9-15(10-7-13)19-12-17-16-5-3-2-4-14(16)8-11-18(17)20/h2-11,19-20H,12H2,1H3. The molecule has 0 radical (unpaired) electrons. The first-order valence-corrected chi connectivity index (χ1v) is 6.74. The Morgan fingerprint density at radius 2 is 1.65 bits per heavy atom. The second-order valence-electron chi connectivity index (χ2n) is 5.00. The summed E-state index contributed by atoms with van der Waals surface area (Å²) in [4.78, 5) is 0. The molecule has 2 N–H and O–H groups in total. The fourth-order valence-corrected chi connectivity index (χ4v) is 2.37. The summed E-state index contributed by atoms with van der Waals surface area (Å²) in [5.41, 5.74) is 3.23. The highest BCUT2D eigenvalue weighted by atomic mass is 16.3. The molecule has 0 amide bonds. The van der Waals surface area contributed by atoms with Gasteiger partial charge in [0, 0.05) is 17.8 Å². The van der Waals surface area contributed by atoms with E-state index in [0.717, 1.165) is 22.0 Å². The van der Waals surface area contributed by atoms with E-state index in [1.807, 2.05) is 24.3 Å². The van der Waals surface area contributed by atoms with Crippen molar-refractivity contribution in [2.45, 2.75) is 13.5 Å². The van der Waals surface area contributed by atoms with Crippen molar-refractivity contribution in [2.75, 3.05) is 5.32 Å². The molecule has 0 saturated heterocycles. The van der Waals surface area contributed by atoms with Crippen LogP contribution in [-0.4, -0.2) is 5.11 Å². The van der Waals surface area contributed by atoms with Gasteiger partial charge in [-0.05, 0) is 35.9 Å². The van der Waals surface area contributed by atoms with Crippen LogP contribution in [0, 0.1) is 6.92 Å². The number of benzene rings is 3. The van der Waals surface area contributed by atoms with E-state index in [1.54, 1.807) is 6.07 Å². The zero-order chi connectivity index (χ0) is 13.9. The number of phenols is 1. The lowest BCUT2D eigenvalue weighted by molar-refractivity contribution is 0.470. The number of aryl methyl sites for hydroxylation is 1. The molecule has 0 atom stereocenters. The highest BCUT2D eigenvalue weighted by Gasteiger charge is 2.06. The second kappa shape index (κ2) is 5.25. The average Bonchev–Trinajstić information content (AvgIpc) is 2.48. The maximum atomic E-state index is 10.1. The molecule has 0 bridgehead atoms. The Balaban J connectivity index is 1.90. The van der Waals surface area contributed by atoms with Gasteiger partial charge in [0.15, 0.2) is 0 Å². The highest BCUT2D eigenvalue weighted by molar-refractivity contribution is 5.87. The Bertz CT molecular complexity index is 732. The predicted octanol–water partition coefficient (Wildman–Crippen LogP) is 4.47. The van der Waals surface area contributed by atoms with Crippen molar-refractivity contribution >= 4 is 16.5 Å². The smallest absolute Gasteiger partial charge is 0.121 e. The molecule has 0 saturated carbocycles. The Labute approximate surface area is 118 Å². The van der Waals surface area contributed by atoms with Gasteiger partial charge in [-0.3, -0.25) is 0 Å². The highest BCUT2D eigenvalue weighted by Crippen LogP contribution is 2.27. The van der Waals surface area contributed by atoms with Gasteiger partial charge in [-0.15, -0.1) is 0 Å². The normalized spacial score (nSPS) is 10.7. The van der Waals surface area contributed by atoms with Crippen LogP contribution in [0.5, 0.6) is 5.75 Å². The molecule has 2 nitrogen and oxygen atoms in total. The number of phenolic OH excluding ortho intramolecular Hbond substituents is 1. The quantitative estimate of drug-likeness (QED) is 0.731. The molecule has 0 aliphatic rings. The van der Waals surface area contributed by atoms with Crippen molar-refractivity contribution in [2.24, 2.45) is 0 Å². The summed E-state index contributed by atoms with van der Waals surface area (Å²) < 4.78 is 0. The summed E-state index contributed by atoms with van der Waals surface area (Å²) in [7, 11) is 0. The summed E-state index contributed by atoms with van der Waals surface area (Å²) >= 11 is 0. The maximum absolute atomic E-state index is 10.1. The molecular formula is C18H17NO. The molecule has 0 heterocycles. The molecule has 0 aliphatic carbocycles. The van der Waals surface area contributed by atoms with E-state index in [9.17, 15) is 5.11 Å². The average molecular weight is 263 g/mol. The van der Waals surface area contributed by atoms with E-state index in [4.69, 9.17) is 0 Å². The fourth-order valence-electron chi connectivity index (χ4n) is 2.37. The molecule has 20 heavy (non-hydrogen) atoms. The lowest BCUT2D eigenvalue weighted by Gasteiger charge is -2.11. The van der Waals surface area contributed by atoms with Gasteiger partial charge < -0.3 is 10.4 Å². The number of rotatable bonds is 3. The monoisotopic (exact) mass is 263 g/mol. The topological polar surface area (TPSA) is 32.3 Å². The van der Waals surface area contributed by atoms with Gasteiger partial charge >= 0.3 is 0 Å². The second-order valence-corrected chi connectivity index (χ2v) is 5.00. The van der Waals surface area contributed by atoms with Crippen LogP contribution >= 0.6 is 0 Å². The Morgan fingerprint density at radius 1 is 0.900 bits per heavy atom. The molecule has 3 rings (SSSR count). The molecule has 3 aromatic carbocycles. The minimum Gasteiger partial charge on any atom is -0.508 e. The van der Waals surface area contributed by atoms with Gasteiger partial charge in [0.05, 0.1) is 0 Å². The molecule has 100 valence electrons. The molecule has 2 heteroatoms. The van der Waals surface area contributed by atoms with Crippen molar-refractivity contribution in [3.8, 4) is 5.75 Å². The van der Waals surface area contributed by atoms with Gasteiger partial charge in [-0.2, -0.15) is 0 Å². The van der Waals surface area contributed by atoms with Crippen LogP contribution in [0.4, 0.5) is 5.69 Å². The van der Waals surface area contributed by atoms with Crippen LogP contribution in [0.2, 0.25) is 0 Å². The summed E-state index contributed by atoms with van der Waals surface area (Å²) in [5.74, 6) is 0.336. The largest absolute Gasteiger partial charge is 0.508 e. The van der Waals surface area contributed by atoms with Crippen LogP contribution in [0.15, 0.2) is 60.7 Å². The van der Waals surface area contributed by atoms with E-state index in [1.165, 1.54) is 5.56 Å². The van der Waals surface area contributed by atoms with E-state index < -0.39 is 0 Å². The lowest BCUT2D eigenvalue weighted by atomic mass is 10.0. The van der Waals surface area contributed by atoms with Crippen molar-refractivity contribution in [3.63, 3.8) is 0 Å². The van der Waals surface area contributed by atoms with E-state index in [0.29, 0.717) is 12.3 Å². The molecule has 0 aliphatic heterocycles. The molecule has 0 fully saturated rings. The van der Waals surface area contributed by atoms with Gasteiger partial charge in [0.1, 0.15) is 5.75 Å². The number of hydrogen-bond acceptors (Lipinski definition) is 2. The van der Waals surface area contributed by atoms with Crippen LogP contribution in [0.3, 0.4) is 0 Å². The first kappa shape index (κ1) is 12.5. The van der Waals surface area contributed by atoms with Crippen molar-refractivity contribution in [1.82, 2.24) is 0 Å². The lowest BCUT2D eigenvalue weighted by Crippen LogP contribution is -2.00. The molecule has 0 unspecified atom stereocenters. The number of hydrogen-bond donors (Lipinski definition) is 2. The van der Waals surface area contributed by atoms with Crippen LogP contribution < -0.4 is 5.32 Å². The van der Waals surface area contributed by atoms with E-state index >= 15 is 0 Å². The minimum absolute atomic E-state index is 0.336. The van der Waals surface area contributed by atoms with Gasteiger partial charge in [0.25, 0.3) is 0 Å². The Morgan fingerprint density at radius 3 is 2.45 bits per heavy atom. The summed E-state index contributed by atoms with van der Waals surface area (Å²) in [6, 6.07) is 20.1. The SMILES string of the molecule is Cc1ccc(NCc2c(O)ccc3ccccc23)cc1. The minimum atomic E-state index is 0.336. The fraction of sp³-hybridized carbons (Fsp3) is 0.111. The predicted molar refractivity (Wildman–Crippen MR) is 84.1 cm³/mol. The third kappa shape index (κ3) is 2.45. The molecule has 0 aromatic heterocycles. The first-order chi connectivity index (χ1) is 9.74. The van der Waals surface area contributed by atoms with E-state index in [2.05, 4.69) is 42.6 Å². The summed E-state index contributed by atoms with van der Waals surface area (Å²) in [6.45, 7) is 2.68. The van der Waals surface area contributed by atoms with Crippen molar-refractivity contribution in [1.29, 1.82) is 0 Å². The Hall–Kier alpha value is -2.48. The van der Waals surface area contributed by atoms with Crippen molar-refractivity contribution < 1.29 is 5.11 Å². The molecular weight excluding hydrogens is 246 g/mol. The van der Waals surface area contributed by atoms with Crippen LogP contribution in [0.1, 0.15) is 11.1 Å². The third-order valence-corrected chi connectivity index (χ3v) is 3.54. The van der Waals surface area contributed by atoms with Gasteiger partial charge in [-0.25, -0.2) is 0 Å². The van der Waals surface area contributed by atoms with Gasteiger partial charge in [0.2, 0.25) is 0 Å². The Kier molecular flexibility index (Phi) is 3.30. The zero-order valence-corrected chi connectivity index (χ0v) is 11.4. The summed E-state index contributed by atoms with van der Waals surface area (Å²) in [5, 5.41) is 15.7. The van der Waals surface area contributed by atoms with Crippen LogP contribution in [-0.2, 0) is 6.54 Å².